The Hall–Kier alpha value is -1.10. The smallest absolute Gasteiger partial charge is 0.242 e. The number of likely N-dealkylation sites (tertiary alicyclic amines) is 1. The van der Waals surface area contributed by atoms with Crippen molar-refractivity contribution >= 4 is 11.8 Å². The van der Waals surface area contributed by atoms with E-state index in [1.165, 1.54) is 4.90 Å². The number of hydrogen-bond acceptors (Lipinski definition) is 3. The monoisotopic (exact) mass is 253 g/mol. The molecule has 5 nitrogen and oxygen atoms in total. The lowest BCUT2D eigenvalue weighted by molar-refractivity contribution is -0.151. The number of piperidine rings is 1. The molecule has 2 aliphatic heterocycles. The van der Waals surface area contributed by atoms with Gasteiger partial charge in [0, 0.05) is 32.2 Å². The maximum atomic E-state index is 12.0. The van der Waals surface area contributed by atoms with E-state index in [1.807, 2.05) is 0 Å². The topological polar surface area (TPSA) is 43.9 Å². The number of rotatable bonds is 2. The highest BCUT2D eigenvalue weighted by Crippen LogP contribution is 2.20. The van der Waals surface area contributed by atoms with Gasteiger partial charge in [-0.05, 0) is 26.7 Å². The largest absolute Gasteiger partial charge is 0.335 e. The van der Waals surface area contributed by atoms with E-state index in [0.717, 1.165) is 25.9 Å². The fraction of sp³-hybridized carbons (Fsp3) is 0.846. The van der Waals surface area contributed by atoms with Crippen molar-refractivity contribution in [1.29, 1.82) is 0 Å². The molecule has 5 heteroatoms. The minimum atomic E-state index is 0.0564. The van der Waals surface area contributed by atoms with Gasteiger partial charge in [0.05, 0.1) is 6.54 Å². The van der Waals surface area contributed by atoms with Crippen LogP contribution < -0.4 is 0 Å². The third-order valence-corrected chi connectivity index (χ3v) is 4.09. The zero-order chi connectivity index (χ0) is 13.3. The summed E-state index contributed by atoms with van der Waals surface area (Å²) in [6, 6.07) is 0.820. The van der Waals surface area contributed by atoms with Crippen LogP contribution in [0.15, 0.2) is 0 Å². The number of nitrogens with zero attached hydrogens (tertiary/aromatic N) is 3. The van der Waals surface area contributed by atoms with Crippen molar-refractivity contribution in [3.63, 3.8) is 0 Å². The summed E-state index contributed by atoms with van der Waals surface area (Å²) in [6.07, 6.45) is 1.97. The van der Waals surface area contributed by atoms with Crippen molar-refractivity contribution in [3.8, 4) is 0 Å². The highest BCUT2D eigenvalue weighted by atomic mass is 16.2. The number of likely N-dealkylation sites (N-methyl/N-ethyl adjacent to an activating group) is 1. The van der Waals surface area contributed by atoms with Crippen molar-refractivity contribution in [3.05, 3.63) is 0 Å². The molecule has 2 aliphatic rings. The molecule has 0 unspecified atom stereocenters. The number of piperazine rings is 1. The summed E-state index contributed by atoms with van der Waals surface area (Å²) >= 11 is 0. The Balaban J connectivity index is 1.93. The Morgan fingerprint density at radius 3 is 2.22 bits per heavy atom. The normalized spacial score (nSPS) is 24.2. The fourth-order valence-electron chi connectivity index (χ4n) is 2.78. The molecule has 0 saturated carbocycles. The molecular weight excluding hydrogens is 230 g/mol. The van der Waals surface area contributed by atoms with Gasteiger partial charge in [-0.3, -0.25) is 9.59 Å². The summed E-state index contributed by atoms with van der Waals surface area (Å²) < 4.78 is 0. The Morgan fingerprint density at radius 1 is 1.06 bits per heavy atom. The van der Waals surface area contributed by atoms with Crippen molar-refractivity contribution in [2.45, 2.75) is 38.8 Å². The van der Waals surface area contributed by atoms with Crippen LogP contribution in [0.4, 0.5) is 0 Å². The Kier molecular flexibility index (Phi) is 3.90. The second-order valence-corrected chi connectivity index (χ2v) is 5.63. The first-order valence-corrected chi connectivity index (χ1v) is 6.76. The van der Waals surface area contributed by atoms with Crippen molar-refractivity contribution < 1.29 is 9.59 Å². The van der Waals surface area contributed by atoms with Gasteiger partial charge in [0.15, 0.2) is 0 Å². The van der Waals surface area contributed by atoms with Gasteiger partial charge in [-0.15, -0.1) is 0 Å². The average Bonchev–Trinajstić information content (AvgIpc) is 2.34. The summed E-state index contributed by atoms with van der Waals surface area (Å²) in [4.78, 5) is 29.4. The third-order valence-electron chi connectivity index (χ3n) is 4.09. The van der Waals surface area contributed by atoms with Gasteiger partial charge in [0.2, 0.25) is 11.8 Å². The van der Waals surface area contributed by atoms with Gasteiger partial charge in [0.1, 0.15) is 6.54 Å². The van der Waals surface area contributed by atoms with Crippen LogP contribution in [0.25, 0.3) is 0 Å². The van der Waals surface area contributed by atoms with Gasteiger partial charge in [-0.2, -0.15) is 0 Å². The molecule has 0 aromatic carbocycles. The second kappa shape index (κ2) is 5.26. The minimum absolute atomic E-state index is 0.0564. The highest BCUT2D eigenvalue weighted by Gasteiger charge is 2.34. The van der Waals surface area contributed by atoms with Gasteiger partial charge in [-0.25, -0.2) is 0 Å². The predicted molar refractivity (Wildman–Crippen MR) is 69.1 cm³/mol. The summed E-state index contributed by atoms with van der Waals surface area (Å²) in [5.41, 5.74) is 0. The quantitative estimate of drug-likeness (QED) is 0.704. The molecule has 0 aromatic heterocycles. The molecule has 2 amide bonds. The van der Waals surface area contributed by atoms with Crippen LogP contribution >= 0.6 is 0 Å². The van der Waals surface area contributed by atoms with Crippen LogP contribution in [0.5, 0.6) is 0 Å². The van der Waals surface area contributed by atoms with Gasteiger partial charge >= 0.3 is 0 Å². The molecule has 0 N–H and O–H groups in total. The van der Waals surface area contributed by atoms with Crippen molar-refractivity contribution in [1.82, 2.24) is 14.7 Å². The first-order chi connectivity index (χ1) is 8.49. The Bertz CT molecular complexity index is 335. The van der Waals surface area contributed by atoms with Crippen molar-refractivity contribution in [2.24, 2.45) is 0 Å². The molecule has 0 aromatic rings. The maximum Gasteiger partial charge on any atom is 0.242 e. The molecule has 2 saturated heterocycles. The summed E-state index contributed by atoms with van der Waals surface area (Å²) in [5, 5.41) is 0. The first-order valence-electron chi connectivity index (χ1n) is 6.76. The van der Waals surface area contributed by atoms with Gasteiger partial charge in [-0.1, -0.05) is 0 Å². The number of hydrogen-bond donors (Lipinski definition) is 0. The van der Waals surface area contributed by atoms with Crippen LogP contribution in [0, 0.1) is 0 Å². The first kappa shape index (κ1) is 13.3. The predicted octanol–water partition coefficient (Wildman–Crippen LogP) is 0.160. The fourth-order valence-corrected chi connectivity index (χ4v) is 2.78. The molecule has 2 heterocycles. The van der Waals surface area contributed by atoms with E-state index < -0.39 is 0 Å². The molecular formula is C13H23N3O2. The lowest BCUT2D eigenvalue weighted by atomic mass is 10.0. The SMILES string of the molecule is CC(C)N1CCC(N2CC(=O)N(C)CC2=O)CC1. The lowest BCUT2D eigenvalue weighted by Gasteiger charge is -2.42. The Labute approximate surface area is 109 Å². The van der Waals surface area contributed by atoms with Crippen LogP contribution in [-0.4, -0.2) is 71.8 Å². The highest BCUT2D eigenvalue weighted by molar-refractivity contribution is 5.92. The minimum Gasteiger partial charge on any atom is -0.335 e. The molecule has 2 fully saturated rings. The van der Waals surface area contributed by atoms with E-state index >= 15 is 0 Å². The number of carbonyl (C=O) groups is 2. The van der Waals surface area contributed by atoms with Crippen LogP contribution in [0.2, 0.25) is 0 Å². The van der Waals surface area contributed by atoms with E-state index in [-0.39, 0.29) is 30.9 Å². The van der Waals surface area contributed by atoms with E-state index in [1.54, 1.807) is 11.9 Å². The lowest BCUT2D eigenvalue weighted by Crippen LogP contribution is -2.58. The zero-order valence-corrected chi connectivity index (χ0v) is 11.6. The second-order valence-electron chi connectivity index (χ2n) is 5.63. The molecule has 0 radical (unpaired) electrons. The van der Waals surface area contributed by atoms with E-state index in [0.29, 0.717) is 6.04 Å². The average molecular weight is 253 g/mol. The number of carbonyl (C=O) groups excluding carboxylic acids is 2. The molecule has 2 rings (SSSR count). The van der Waals surface area contributed by atoms with E-state index in [4.69, 9.17) is 0 Å². The van der Waals surface area contributed by atoms with Crippen molar-refractivity contribution in [2.75, 3.05) is 33.2 Å². The van der Waals surface area contributed by atoms with Gasteiger partial charge < -0.3 is 14.7 Å². The zero-order valence-electron chi connectivity index (χ0n) is 11.6. The summed E-state index contributed by atoms with van der Waals surface area (Å²) in [7, 11) is 1.69. The third kappa shape index (κ3) is 2.66. The molecule has 0 spiro atoms. The molecule has 18 heavy (non-hydrogen) atoms. The van der Waals surface area contributed by atoms with Crippen LogP contribution in [-0.2, 0) is 9.59 Å². The molecule has 102 valence electrons. The molecule has 0 bridgehead atoms. The van der Waals surface area contributed by atoms with Crippen LogP contribution in [0.3, 0.4) is 0 Å². The molecule has 0 aliphatic carbocycles. The summed E-state index contributed by atoms with van der Waals surface area (Å²) in [5.74, 6) is 0.154. The standard InChI is InChI=1S/C13H23N3O2/c1-10(2)15-6-4-11(5-7-15)16-9-12(17)14(3)8-13(16)18/h10-11H,4-9H2,1-3H3. The maximum absolute atomic E-state index is 12.0. The van der Waals surface area contributed by atoms with Gasteiger partial charge in [0.25, 0.3) is 0 Å². The summed E-state index contributed by atoms with van der Waals surface area (Å²) in [6.45, 7) is 6.95. The van der Waals surface area contributed by atoms with Crippen LogP contribution in [0.1, 0.15) is 26.7 Å². The van der Waals surface area contributed by atoms with E-state index in [2.05, 4.69) is 18.7 Å². The number of amides is 2. The molecule has 0 atom stereocenters. The Morgan fingerprint density at radius 2 is 1.67 bits per heavy atom. The van der Waals surface area contributed by atoms with E-state index in [9.17, 15) is 9.59 Å².